The summed E-state index contributed by atoms with van der Waals surface area (Å²) in [5.74, 6) is -5.30. The van der Waals surface area contributed by atoms with E-state index >= 15 is 0 Å². The topological polar surface area (TPSA) is 169 Å². The van der Waals surface area contributed by atoms with Crippen molar-refractivity contribution in [3.05, 3.63) is 129 Å². The molecular weight excluding hydrogens is 612 g/mol. The van der Waals surface area contributed by atoms with Gasteiger partial charge in [0.1, 0.15) is 17.7 Å². The van der Waals surface area contributed by atoms with Crippen LogP contribution in [0.15, 0.2) is 99.7 Å². The van der Waals surface area contributed by atoms with Crippen molar-refractivity contribution in [2.75, 3.05) is 4.72 Å². The molecule has 12 nitrogen and oxygen atoms in total. The monoisotopic (exact) mass is 635 g/mol. The van der Waals surface area contributed by atoms with Gasteiger partial charge in [-0.25, -0.2) is 31.4 Å². The van der Waals surface area contributed by atoms with Crippen molar-refractivity contribution in [1.82, 2.24) is 19.4 Å². The number of amides is 1. The molecule has 2 heterocycles. The van der Waals surface area contributed by atoms with E-state index in [2.05, 4.69) is 10.3 Å². The fourth-order valence-electron chi connectivity index (χ4n) is 4.58. The van der Waals surface area contributed by atoms with Crippen molar-refractivity contribution >= 4 is 38.5 Å². The molecule has 5 rings (SSSR count). The molecule has 3 aromatic carbocycles. The van der Waals surface area contributed by atoms with Gasteiger partial charge in [0.15, 0.2) is 0 Å². The molecule has 0 saturated heterocycles. The van der Waals surface area contributed by atoms with Gasteiger partial charge in [-0.05, 0) is 42.0 Å². The molecule has 0 aliphatic carbocycles. The third kappa shape index (κ3) is 6.19. The number of aliphatic carboxylic acids is 1. The maximum absolute atomic E-state index is 14.9. The first-order valence-corrected chi connectivity index (χ1v) is 14.6. The number of anilines is 1. The molecule has 2 aromatic heterocycles. The highest BCUT2D eigenvalue weighted by molar-refractivity contribution is 7.92. The summed E-state index contributed by atoms with van der Waals surface area (Å²) in [7, 11) is -2.77. The third-order valence-electron chi connectivity index (χ3n) is 6.91. The average molecular weight is 636 g/mol. The first-order chi connectivity index (χ1) is 21.4. The Morgan fingerprint density at radius 3 is 2.33 bits per heavy atom. The lowest BCUT2D eigenvalue weighted by molar-refractivity contribution is -0.139. The summed E-state index contributed by atoms with van der Waals surface area (Å²) >= 11 is 0. The zero-order chi connectivity index (χ0) is 32.5. The number of rotatable bonds is 9. The molecule has 0 saturated carbocycles. The van der Waals surface area contributed by atoms with Gasteiger partial charge in [-0.3, -0.25) is 23.9 Å². The Hall–Kier alpha value is -5.70. The van der Waals surface area contributed by atoms with Crippen molar-refractivity contribution in [1.29, 1.82) is 0 Å². The van der Waals surface area contributed by atoms with E-state index in [4.69, 9.17) is 0 Å². The number of pyridine rings is 1. The van der Waals surface area contributed by atoms with Gasteiger partial charge in [0.2, 0.25) is 0 Å². The minimum Gasteiger partial charge on any atom is -0.480 e. The molecule has 0 radical (unpaired) electrons. The third-order valence-corrected chi connectivity index (χ3v) is 8.29. The maximum Gasteiger partial charge on any atom is 0.335 e. The van der Waals surface area contributed by atoms with E-state index in [-0.39, 0.29) is 22.4 Å². The second-order valence-corrected chi connectivity index (χ2v) is 11.5. The van der Waals surface area contributed by atoms with E-state index in [1.165, 1.54) is 78.6 Å². The number of carbonyl (C=O) groups excluding carboxylic acids is 1. The van der Waals surface area contributed by atoms with Crippen LogP contribution < -0.4 is 21.3 Å². The number of hydrogen-bond acceptors (Lipinski definition) is 7. The Kier molecular flexibility index (Phi) is 8.28. The Morgan fingerprint density at radius 1 is 0.978 bits per heavy atom. The molecule has 0 bridgehead atoms. The van der Waals surface area contributed by atoms with Crippen LogP contribution in [-0.4, -0.2) is 45.6 Å². The number of halogens is 2. The van der Waals surface area contributed by atoms with E-state index in [1.54, 1.807) is 6.07 Å². The largest absolute Gasteiger partial charge is 0.480 e. The van der Waals surface area contributed by atoms with Crippen LogP contribution in [0.4, 0.5) is 14.5 Å². The predicted molar refractivity (Wildman–Crippen MR) is 159 cm³/mol. The molecule has 0 unspecified atom stereocenters. The first kappa shape index (κ1) is 30.7. The van der Waals surface area contributed by atoms with Crippen molar-refractivity contribution < 1.29 is 31.9 Å². The number of carbonyl (C=O) groups is 2. The highest BCUT2D eigenvalue weighted by Gasteiger charge is 2.25. The van der Waals surface area contributed by atoms with Gasteiger partial charge >= 0.3 is 11.7 Å². The number of carboxylic acids is 1. The number of nitrogens with one attached hydrogen (secondary N) is 2. The van der Waals surface area contributed by atoms with E-state index in [0.717, 1.165) is 4.57 Å². The normalized spacial score (nSPS) is 12.1. The van der Waals surface area contributed by atoms with Crippen LogP contribution in [0.2, 0.25) is 0 Å². The highest BCUT2D eigenvalue weighted by Crippen LogP contribution is 2.23. The first-order valence-electron chi connectivity index (χ1n) is 13.1. The second kappa shape index (κ2) is 12.1. The van der Waals surface area contributed by atoms with Gasteiger partial charge in [0.05, 0.1) is 38.9 Å². The standard InChI is InChI=1S/C30H23F2N5O7S/c1-36-26-16-33-12-11-20(26)28(39)37(30(36)42)18-9-7-17(8-10-18)13-25(29(40)41)34-27(38)21-14-23(32)24(15-22(21)31)35-45(43,44)19-5-3-2-4-6-19/h2-12,14-16,25,35H,13H2,1H3,(H,34,38)(H,40,41)/t25-/m0/s1. The minimum absolute atomic E-state index is 0.201. The Bertz CT molecular complexity index is 2190. The van der Waals surface area contributed by atoms with Gasteiger partial charge in [-0.15, -0.1) is 0 Å². The number of aryl methyl sites for hydroxylation is 1. The lowest BCUT2D eigenvalue weighted by Crippen LogP contribution is -2.42. The minimum atomic E-state index is -4.26. The van der Waals surface area contributed by atoms with Crippen LogP contribution in [0.3, 0.4) is 0 Å². The molecule has 1 amide bonds. The molecule has 0 spiro atoms. The van der Waals surface area contributed by atoms with E-state index in [1.807, 2.05) is 4.72 Å². The number of carboxylic acid groups (broad SMARTS) is 1. The summed E-state index contributed by atoms with van der Waals surface area (Å²) in [6, 6.07) is 13.5. The Balaban J connectivity index is 1.34. The molecule has 0 aliphatic rings. The zero-order valence-corrected chi connectivity index (χ0v) is 24.1. The summed E-state index contributed by atoms with van der Waals surface area (Å²) in [4.78, 5) is 54.4. The van der Waals surface area contributed by atoms with Crippen LogP contribution >= 0.6 is 0 Å². The highest BCUT2D eigenvalue weighted by atomic mass is 32.2. The van der Waals surface area contributed by atoms with Crippen LogP contribution in [0.5, 0.6) is 0 Å². The Morgan fingerprint density at radius 2 is 1.67 bits per heavy atom. The summed E-state index contributed by atoms with van der Waals surface area (Å²) in [6.45, 7) is 0. The van der Waals surface area contributed by atoms with Crippen molar-refractivity contribution in [2.45, 2.75) is 17.4 Å². The molecular formula is C30H23F2N5O7S. The molecule has 230 valence electrons. The number of fused-ring (bicyclic) bond motifs is 1. The summed E-state index contributed by atoms with van der Waals surface area (Å²) in [6.07, 6.45) is 2.52. The molecule has 1 atom stereocenters. The maximum atomic E-state index is 14.9. The van der Waals surface area contributed by atoms with Gasteiger partial charge in [0.25, 0.3) is 21.5 Å². The van der Waals surface area contributed by atoms with Crippen LogP contribution in [-0.2, 0) is 28.3 Å². The van der Waals surface area contributed by atoms with Gasteiger partial charge < -0.3 is 10.4 Å². The Labute approximate surface area is 253 Å². The summed E-state index contributed by atoms with van der Waals surface area (Å²) in [5.41, 5.74) is -1.87. The number of nitrogens with zero attached hydrogens (tertiary/aromatic N) is 3. The van der Waals surface area contributed by atoms with Crippen molar-refractivity contribution in [3.8, 4) is 5.69 Å². The van der Waals surface area contributed by atoms with Crippen LogP contribution in [0.1, 0.15) is 15.9 Å². The summed E-state index contributed by atoms with van der Waals surface area (Å²) in [5, 5.41) is 12.1. The van der Waals surface area contributed by atoms with E-state index in [9.17, 15) is 41.5 Å². The number of benzene rings is 3. The molecule has 45 heavy (non-hydrogen) atoms. The van der Waals surface area contributed by atoms with Gasteiger partial charge in [-0.1, -0.05) is 30.3 Å². The van der Waals surface area contributed by atoms with Crippen molar-refractivity contribution in [3.63, 3.8) is 0 Å². The van der Waals surface area contributed by atoms with Gasteiger partial charge in [-0.2, -0.15) is 0 Å². The smallest absolute Gasteiger partial charge is 0.335 e. The van der Waals surface area contributed by atoms with Gasteiger partial charge in [0, 0.05) is 25.7 Å². The molecule has 5 aromatic rings. The average Bonchev–Trinajstić information content (AvgIpc) is 3.02. The predicted octanol–water partition coefficient (Wildman–Crippen LogP) is 2.59. The van der Waals surface area contributed by atoms with Crippen LogP contribution in [0.25, 0.3) is 16.6 Å². The molecule has 15 heteroatoms. The van der Waals surface area contributed by atoms with Crippen molar-refractivity contribution in [2.24, 2.45) is 7.05 Å². The summed E-state index contributed by atoms with van der Waals surface area (Å²) < 4.78 is 58.8. The lowest BCUT2D eigenvalue weighted by Gasteiger charge is -2.16. The van der Waals surface area contributed by atoms with E-state index < -0.39 is 62.1 Å². The quantitative estimate of drug-likeness (QED) is 0.222. The molecule has 0 aliphatic heterocycles. The SMILES string of the molecule is Cn1c(=O)n(-c2ccc(C[C@H](NC(=O)c3cc(F)c(NS(=O)(=O)c4ccccc4)cc3F)C(=O)O)cc2)c(=O)c2ccncc21. The van der Waals surface area contributed by atoms with Crippen LogP contribution in [0, 0.1) is 11.6 Å². The van der Waals surface area contributed by atoms with E-state index in [0.29, 0.717) is 23.2 Å². The molecule has 3 N–H and O–H groups in total. The fraction of sp³-hybridized carbons (Fsp3) is 0.100. The molecule has 0 fully saturated rings. The number of hydrogen-bond donors (Lipinski definition) is 3. The number of aromatic nitrogens is 3. The number of sulfonamides is 1. The second-order valence-electron chi connectivity index (χ2n) is 9.84. The lowest BCUT2D eigenvalue weighted by atomic mass is 10.0. The zero-order valence-electron chi connectivity index (χ0n) is 23.3. The fourth-order valence-corrected chi connectivity index (χ4v) is 5.66.